The Bertz CT molecular complexity index is 805. The van der Waals surface area contributed by atoms with Crippen LogP contribution in [0.1, 0.15) is 17.2 Å². The summed E-state index contributed by atoms with van der Waals surface area (Å²) in [6.45, 7) is 1.75. The van der Waals surface area contributed by atoms with Crippen molar-refractivity contribution in [3.8, 4) is 6.07 Å². The molecule has 0 atom stereocenters. The molecule has 110 valence electrons. The molecule has 0 fully saturated rings. The summed E-state index contributed by atoms with van der Waals surface area (Å²) in [5, 5.41) is 15.3. The molecule has 3 N–H and O–H groups in total. The Balaban J connectivity index is 2.31. The number of hydrogen-bond acceptors (Lipinski definition) is 6. The molecule has 9 heteroatoms. The first-order chi connectivity index (χ1) is 9.84. The Morgan fingerprint density at radius 1 is 1.48 bits per heavy atom. The third-order valence-corrected chi connectivity index (χ3v) is 4.71. The van der Waals surface area contributed by atoms with Gasteiger partial charge in [0.15, 0.2) is 5.82 Å². The second kappa shape index (κ2) is 5.51. The average Bonchev–Trinajstić information content (AvgIpc) is 2.83. The standard InChI is InChI=1S/C12H14N6O2S/c1-8-15-12(17-16-8)7-18(2)21(19,20)11-4-3-9(6-13)5-10(11)14/h3-5H,7,14H2,1-2H3,(H,15,16,17). The summed E-state index contributed by atoms with van der Waals surface area (Å²) in [4.78, 5) is 4.02. The molecule has 1 heterocycles. The van der Waals surface area contributed by atoms with E-state index in [4.69, 9.17) is 11.0 Å². The lowest BCUT2D eigenvalue weighted by Crippen LogP contribution is -2.27. The van der Waals surface area contributed by atoms with Crippen molar-refractivity contribution >= 4 is 15.7 Å². The van der Waals surface area contributed by atoms with Gasteiger partial charge in [-0.25, -0.2) is 13.4 Å². The third-order valence-electron chi connectivity index (χ3n) is 2.83. The van der Waals surface area contributed by atoms with Gasteiger partial charge in [-0.05, 0) is 25.1 Å². The number of nitrogen functional groups attached to an aromatic ring is 1. The van der Waals surface area contributed by atoms with E-state index in [2.05, 4.69) is 15.2 Å². The number of nitrogens with one attached hydrogen (secondary N) is 1. The van der Waals surface area contributed by atoms with E-state index in [1.807, 2.05) is 6.07 Å². The van der Waals surface area contributed by atoms with Crippen LogP contribution in [-0.2, 0) is 16.6 Å². The van der Waals surface area contributed by atoms with Crippen molar-refractivity contribution in [2.45, 2.75) is 18.4 Å². The maximum atomic E-state index is 12.5. The van der Waals surface area contributed by atoms with Gasteiger partial charge in [0.2, 0.25) is 10.0 Å². The zero-order valence-corrected chi connectivity index (χ0v) is 12.3. The van der Waals surface area contributed by atoms with Crippen LogP contribution in [-0.4, -0.2) is 35.0 Å². The van der Waals surface area contributed by atoms with Crippen LogP contribution >= 0.6 is 0 Å². The minimum Gasteiger partial charge on any atom is -0.398 e. The molecule has 21 heavy (non-hydrogen) atoms. The van der Waals surface area contributed by atoms with Crippen molar-refractivity contribution in [3.05, 3.63) is 35.4 Å². The fourth-order valence-electron chi connectivity index (χ4n) is 1.76. The minimum absolute atomic E-state index is 0.0200. The quantitative estimate of drug-likeness (QED) is 0.786. The monoisotopic (exact) mass is 306 g/mol. The van der Waals surface area contributed by atoms with Gasteiger partial charge in [0, 0.05) is 7.05 Å². The molecule has 0 radical (unpaired) electrons. The molecule has 0 amide bonds. The zero-order valence-electron chi connectivity index (χ0n) is 11.5. The van der Waals surface area contributed by atoms with Crippen LogP contribution in [0.4, 0.5) is 5.69 Å². The number of hydrogen-bond donors (Lipinski definition) is 2. The predicted molar refractivity (Wildman–Crippen MR) is 75.3 cm³/mol. The van der Waals surface area contributed by atoms with Gasteiger partial charge < -0.3 is 5.73 Å². The number of nitriles is 1. The van der Waals surface area contributed by atoms with Gasteiger partial charge >= 0.3 is 0 Å². The Morgan fingerprint density at radius 2 is 2.19 bits per heavy atom. The van der Waals surface area contributed by atoms with Crippen LogP contribution in [0.3, 0.4) is 0 Å². The fraction of sp³-hybridized carbons (Fsp3) is 0.250. The topological polar surface area (TPSA) is 129 Å². The molecular weight excluding hydrogens is 292 g/mol. The molecule has 0 bridgehead atoms. The summed E-state index contributed by atoms with van der Waals surface area (Å²) < 4.78 is 26.0. The lowest BCUT2D eigenvalue weighted by molar-refractivity contribution is 0.457. The van der Waals surface area contributed by atoms with Crippen LogP contribution in [0, 0.1) is 18.3 Å². The molecule has 0 aliphatic rings. The normalized spacial score (nSPS) is 11.5. The van der Waals surface area contributed by atoms with Crippen molar-refractivity contribution in [1.29, 1.82) is 5.26 Å². The van der Waals surface area contributed by atoms with Crippen LogP contribution in [0.5, 0.6) is 0 Å². The maximum absolute atomic E-state index is 12.5. The number of aromatic nitrogens is 3. The number of H-pyrrole nitrogens is 1. The lowest BCUT2D eigenvalue weighted by Gasteiger charge is -2.16. The summed E-state index contributed by atoms with van der Waals surface area (Å²) in [5.74, 6) is 0.972. The number of anilines is 1. The van der Waals surface area contributed by atoms with Gasteiger partial charge in [-0.2, -0.15) is 14.7 Å². The second-order valence-electron chi connectivity index (χ2n) is 4.46. The number of aromatic amines is 1. The highest BCUT2D eigenvalue weighted by atomic mass is 32.2. The van der Waals surface area contributed by atoms with E-state index in [0.29, 0.717) is 17.2 Å². The largest absolute Gasteiger partial charge is 0.398 e. The molecule has 2 aromatic rings. The summed E-state index contributed by atoms with van der Waals surface area (Å²) >= 11 is 0. The van der Waals surface area contributed by atoms with Crippen LogP contribution in [0.2, 0.25) is 0 Å². The molecule has 1 aromatic carbocycles. The van der Waals surface area contributed by atoms with E-state index in [1.54, 1.807) is 6.92 Å². The smallest absolute Gasteiger partial charge is 0.245 e. The van der Waals surface area contributed by atoms with E-state index >= 15 is 0 Å². The van der Waals surface area contributed by atoms with Crippen molar-refractivity contribution in [2.24, 2.45) is 0 Å². The van der Waals surface area contributed by atoms with Crippen molar-refractivity contribution < 1.29 is 8.42 Å². The van der Waals surface area contributed by atoms with Gasteiger partial charge in [-0.15, -0.1) is 0 Å². The van der Waals surface area contributed by atoms with E-state index < -0.39 is 10.0 Å². The Labute approximate surface area is 122 Å². The van der Waals surface area contributed by atoms with E-state index in [1.165, 1.54) is 25.2 Å². The number of aryl methyl sites for hydroxylation is 1. The molecule has 0 aliphatic carbocycles. The maximum Gasteiger partial charge on any atom is 0.245 e. The van der Waals surface area contributed by atoms with E-state index in [0.717, 1.165) is 4.31 Å². The first-order valence-electron chi connectivity index (χ1n) is 5.98. The van der Waals surface area contributed by atoms with Gasteiger partial charge in [-0.1, -0.05) is 0 Å². The summed E-state index contributed by atoms with van der Waals surface area (Å²) in [6, 6.07) is 5.97. The molecular formula is C12H14N6O2S. The molecule has 2 rings (SSSR count). The first kappa shape index (κ1) is 15.0. The lowest BCUT2D eigenvalue weighted by atomic mass is 10.2. The second-order valence-corrected chi connectivity index (χ2v) is 6.48. The number of rotatable bonds is 4. The molecule has 0 unspecified atom stereocenters. The molecule has 0 spiro atoms. The first-order valence-corrected chi connectivity index (χ1v) is 7.42. The molecule has 0 saturated heterocycles. The highest BCUT2D eigenvalue weighted by Gasteiger charge is 2.24. The van der Waals surface area contributed by atoms with Gasteiger partial charge in [0.05, 0.1) is 23.9 Å². The fourth-order valence-corrected chi connectivity index (χ4v) is 2.98. The van der Waals surface area contributed by atoms with Gasteiger partial charge in [0.1, 0.15) is 10.7 Å². The molecule has 8 nitrogen and oxygen atoms in total. The Kier molecular flexibility index (Phi) is 3.93. The van der Waals surface area contributed by atoms with E-state index in [9.17, 15) is 8.42 Å². The minimum atomic E-state index is -3.78. The highest BCUT2D eigenvalue weighted by molar-refractivity contribution is 7.89. The number of sulfonamides is 1. The highest BCUT2D eigenvalue weighted by Crippen LogP contribution is 2.23. The Hall–Kier alpha value is -2.44. The molecule has 0 aliphatic heterocycles. The van der Waals surface area contributed by atoms with Crippen molar-refractivity contribution in [2.75, 3.05) is 12.8 Å². The third kappa shape index (κ3) is 3.01. The summed E-state index contributed by atoms with van der Waals surface area (Å²) in [6.07, 6.45) is 0. The van der Waals surface area contributed by atoms with Crippen LogP contribution in [0.15, 0.2) is 23.1 Å². The summed E-state index contributed by atoms with van der Waals surface area (Å²) in [5.41, 5.74) is 6.06. The predicted octanol–water partition coefficient (Wildman–Crippen LogP) is 0.388. The number of benzene rings is 1. The van der Waals surface area contributed by atoms with E-state index in [-0.39, 0.29) is 17.1 Å². The number of nitrogens with zero attached hydrogens (tertiary/aromatic N) is 4. The average molecular weight is 306 g/mol. The summed E-state index contributed by atoms with van der Waals surface area (Å²) in [7, 11) is -2.36. The van der Waals surface area contributed by atoms with Crippen molar-refractivity contribution in [1.82, 2.24) is 19.5 Å². The zero-order chi connectivity index (χ0) is 15.6. The molecule has 1 aromatic heterocycles. The van der Waals surface area contributed by atoms with Gasteiger partial charge in [0.25, 0.3) is 0 Å². The van der Waals surface area contributed by atoms with Crippen LogP contribution in [0.25, 0.3) is 0 Å². The van der Waals surface area contributed by atoms with Crippen molar-refractivity contribution in [3.63, 3.8) is 0 Å². The molecule has 0 saturated carbocycles. The van der Waals surface area contributed by atoms with Crippen LogP contribution < -0.4 is 5.73 Å². The SMILES string of the molecule is Cc1nc(CN(C)S(=O)(=O)c2ccc(C#N)cc2N)n[nH]1. The Morgan fingerprint density at radius 3 is 2.71 bits per heavy atom. The van der Waals surface area contributed by atoms with Gasteiger partial charge in [-0.3, -0.25) is 5.10 Å². The number of nitrogens with two attached hydrogens (primary N) is 1.